The normalized spacial score (nSPS) is 10.5. The van der Waals surface area contributed by atoms with Crippen molar-refractivity contribution in [3.05, 3.63) is 47.9 Å². The van der Waals surface area contributed by atoms with Gasteiger partial charge in [0.2, 0.25) is 0 Å². The summed E-state index contributed by atoms with van der Waals surface area (Å²) in [6, 6.07) is 9.10. The molecule has 22 heavy (non-hydrogen) atoms. The average molecular weight is 300 g/mol. The van der Waals surface area contributed by atoms with Crippen molar-refractivity contribution in [2.24, 2.45) is 0 Å². The summed E-state index contributed by atoms with van der Waals surface area (Å²) >= 11 is 0. The molecular formula is C15H20N6O. The lowest BCUT2D eigenvalue weighted by Gasteiger charge is -2.10. The van der Waals surface area contributed by atoms with Gasteiger partial charge in [-0.2, -0.15) is 0 Å². The van der Waals surface area contributed by atoms with Gasteiger partial charge in [0.05, 0.1) is 12.2 Å². The highest BCUT2D eigenvalue weighted by Crippen LogP contribution is 2.04. The van der Waals surface area contributed by atoms with E-state index in [1.807, 2.05) is 37.2 Å². The standard InChI is InChI=1S/C15H20N6O/c1-21(2)10-9-17-15(22)13-6-7-14(20-19-13)18-11-12-5-3-4-8-16-12/h3-8H,9-11H2,1-2H3,(H,17,22)(H,18,20). The van der Waals surface area contributed by atoms with E-state index in [4.69, 9.17) is 0 Å². The van der Waals surface area contributed by atoms with E-state index in [1.54, 1.807) is 18.3 Å². The Balaban J connectivity index is 1.83. The van der Waals surface area contributed by atoms with Crippen LogP contribution in [-0.4, -0.2) is 53.2 Å². The Morgan fingerprint density at radius 3 is 2.68 bits per heavy atom. The molecule has 2 aromatic heterocycles. The monoisotopic (exact) mass is 300 g/mol. The minimum atomic E-state index is -0.217. The van der Waals surface area contributed by atoms with Crippen LogP contribution in [0.5, 0.6) is 0 Å². The second kappa shape index (κ2) is 8.04. The molecule has 0 aromatic carbocycles. The van der Waals surface area contributed by atoms with Crippen LogP contribution in [0.1, 0.15) is 16.2 Å². The molecule has 0 spiro atoms. The summed E-state index contributed by atoms with van der Waals surface area (Å²) in [5.41, 5.74) is 1.22. The minimum absolute atomic E-state index is 0.217. The van der Waals surface area contributed by atoms with E-state index in [0.29, 0.717) is 24.6 Å². The lowest BCUT2D eigenvalue weighted by atomic mass is 10.3. The van der Waals surface area contributed by atoms with Crippen LogP contribution in [0.3, 0.4) is 0 Å². The van der Waals surface area contributed by atoms with Crippen LogP contribution in [0.2, 0.25) is 0 Å². The number of nitrogens with one attached hydrogen (secondary N) is 2. The number of carbonyl (C=O) groups is 1. The average Bonchev–Trinajstić information content (AvgIpc) is 2.54. The molecule has 0 aliphatic rings. The highest BCUT2D eigenvalue weighted by atomic mass is 16.1. The molecule has 0 unspecified atom stereocenters. The van der Waals surface area contributed by atoms with Crippen molar-refractivity contribution in [1.82, 2.24) is 25.4 Å². The predicted molar refractivity (Wildman–Crippen MR) is 84.5 cm³/mol. The van der Waals surface area contributed by atoms with Crippen LogP contribution < -0.4 is 10.6 Å². The van der Waals surface area contributed by atoms with E-state index in [1.165, 1.54) is 0 Å². The number of carbonyl (C=O) groups excluding carboxylic acids is 1. The van der Waals surface area contributed by atoms with Gasteiger partial charge in [0.1, 0.15) is 5.82 Å². The number of nitrogens with zero attached hydrogens (tertiary/aromatic N) is 4. The largest absolute Gasteiger partial charge is 0.363 e. The van der Waals surface area contributed by atoms with Crippen molar-refractivity contribution in [3.8, 4) is 0 Å². The van der Waals surface area contributed by atoms with Crippen LogP contribution >= 0.6 is 0 Å². The summed E-state index contributed by atoms with van der Waals surface area (Å²) < 4.78 is 0. The Morgan fingerprint density at radius 2 is 2.05 bits per heavy atom. The van der Waals surface area contributed by atoms with Gasteiger partial charge in [-0.15, -0.1) is 10.2 Å². The van der Waals surface area contributed by atoms with Gasteiger partial charge < -0.3 is 15.5 Å². The van der Waals surface area contributed by atoms with E-state index >= 15 is 0 Å². The summed E-state index contributed by atoms with van der Waals surface area (Å²) in [4.78, 5) is 18.1. The quantitative estimate of drug-likeness (QED) is 0.786. The van der Waals surface area contributed by atoms with Crippen molar-refractivity contribution < 1.29 is 4.79 Å². The van der Waals surface area contributed by atoms with Crippen molar-refractivity contribution in [3.63, 3.8) is 0 Å². The summed E-state index contributed by atoms with van der Waals surface area (Å²) in [7, 11) is 3.90. The molecule has 0 aliphatic carbocycles. The van der Waals surface area contributed by atoms with Gasteiger partial charge in [0, 0.05) is 19.3 Å². The van der Waals surface area contributed by atoms with Gasteiger partial charge in [-0.25, -0.2) is 0 Å². The lowest BCUT2D eigenvalue weighted by Crippen LogP contribution is -2.31. The maximum Gasteiger partial charge on any atom is 0.271 e. The SMILES string of the molecule is CN(C)CCNC(=O)c1ccc(NCc2ccccn2)nn1. The van der Waals surface area contributed by atoms with Gasteiger partial charge in [-0.1, -0.05) is 6.07 Å². The molecule has 2 N–H and O–H groups in total. The smallest absolute Gasteiger partial charge is 0.271 e. The Bertz CT molecular complexity index is 585. The molecule has 2 rings (SSSR count). The molecular weight excluding hydrogens is 280 g/mol. The molecule has 1 amide bonds. The van der Waals surface area contributed by atoms with Crippen molar-refractivity contribution >= 4 is 11.7 Å². The summed E-state index contributed by atoms with van der Waals surface area (Å²) in [6.45, 7) is 1.92. The van der Waals surface area contributed by atoms with Crippen molar-refractivity contribution in [1.29, 1.82) is 0 Å². The molecule has 2 heterocycles. The molecule has 0 fully saturated rings. The number of amides is 1. The molecule has 0 saturated heterocycles. The number of hydrogen-bond acceptors (Lipinski definition) is 6. The molecule has 0 aliphatic heterocycles. The van der Waals surface area contributed by atoms with Crippen LogP contribution in [0.4, 0.5) is 5.82 Å². The number of likely N-dealkylation sites (N-methyl/N-ethyl adjacent to an activating group) is 1. The Labute approximate surface area is 129 Å². The number of aromatic nitrogens is 3. The Hall–Kier alpha value is -2.54. The Kier molecular flexibility index (Phi) is 5.79. The third-order valence-corrected chi connectivity index (χ3v) is 2.92. The van der Waals surface area contributed by atoms with Gasteiger partial charge in [-0.3, -0.25) is 9.78 Å². The number of hydrogen-bond donors (Lipinski definition) is 2. The second-order valence-electron chi connectivity index (χ2n) is 5.04. The molecule has 0 radical (unpaired) electrons. The minimum Gasteiger partial charge on any atom is -0.363 e. The topological polar surface area (TPSA) is 83.0 Å². The summed E-state index contributed by atoms with van der Waals surface area (Å²) in [5, 5.41) is 13.8. The molecule has 116 valence electrons. The maximum absolute atomic E-state index is 11.9. The van der Waals surface area contributed by atoms with Gasteiger partial charge in [0.25, 0.3) is 5.91 Å². The fourth-order valence-electron chi connectivity index (χ4n) is 1.72. The number of rotatable bonds is 7. The van der Waals surface area contributed by atoms with E-state index in [9.17, 15) is 4.79 Å². The van der Waals surface area contributed by atoms with E-state index in [0.717, 1.165) is 12.2 Å². The first kappa shape index (κ1) is 15.8. The molecule has 0 bridgehead atoms. The fourth-order valence-corrected chi connectivity index (χ4v) is 1.72. The van der Waals surface area contributed by atoms with Gasteiger partial charge in [0.15, 0.2) is 5.69 Å². The highest BCUT2D eigenvalue weighted by molar-refractivity contribution is 5.92. The maximum atomic E-state index is 11.9. The summed E-state index contributed by atoms with van der Waals surface area (Å²) in [6.07, 6.45) is 1.74. The van der Waals surface area contributed by atoms with Gasteiger partial charge >= 0.3 is 0 Å². The second-order valence-corrected chi connectivity index (χ2v) is 5.04. The van der Waals surface area contributed by atoms with Crippen LogP contribution in [-0.2, 0) is 6.54 Å². The fraction of sp³-hybridized carbons (Fsp3) is 0.333. The first-order valence-electron chi connectivity index (χ1n) is 7.05. The molecule has 7 heteroatoms. The molecule has 0 saturated carbocycles. The predicted octanol–water partition coefficient (Wildman–Crippen LogP) is 0.775. The molecule has 0 atom stereocenters. The highest BCUT2D eigenvalue weighted by Gasteiger charge is 2.07. The molecule has 7 nitrogen and oxygen atoms in total. The van der Waals surface area contributed by atoms with Gasteiger partial charge in [-0.05, 0) is 38.4 Å². The zero-order valence-corrected chi connectivity index (χ0v) is 12.8. The zero-order valence-electron chi connectivity index (χ0n) is 12.8. The van der Waals surface area contributed by atoms with Crippen molar-refractivity contribution in [2.75, 3.05) is 32.5 Å². The lowest BCUT2D eigenvalue weighted by molar-refractivity contribution is 0.0945. The number of pyridine rings is 1. The zero-order chi connectivity index (χ0) is 15.8. The third kappa shape index (κ3) is 5.10. The third-order valence-electron chi connectivity index (χ3n) is 2.92. The first-order chi connectivity index (χ1) is 10.6. The first-order valence-corrected chi connectivity index (χ1v) is 7.05. The van der Waals surface area contributed by atoms with Crippen LogP contribution in [0.25, 0.3) is 0 Å². The van der Waals surface area contributed by atoms with Crippen molar-refractivity contribution in [2.45, 2.75) is 6.54 Å². The van der Waals surface area contributed by atoms with Crippen LogP contribution in [0, 0.1) is 0 Å². The number of anilines is 1. The van der Waals surface area contributed by atoms with E-state index < -0.39 is 0 Å². The van der Waals surface area contributed by atoms with E-state index in [-0.39, 0.29) is 5.91 Å². The molecule has 2 aromatic rings. The van der Waals surface area contributed by atoms with E-state index in [2.05, 4.69) is 25.8 Å². The Morgan fingerprint density at radius 1 is 1.18 bits per heavy atom. The summed E-state index contributed by atoms with van der Waals surface area (Å²) in [5.74, 6) is 0.390. The van der Waals surface area contributed by atoms with Crippen LogP contribution in [0.15, 0.2) is 36.5 Å².